The molecule has 0 aromatic heterocycles. The molecule has 0 spiro atoms. The summed E-state index contributed by atoms with van der Waals surface area (Å²) < 4.78 is 27.9. The second-order valence-electron chi connectivity index (χ2n) is 7.29. The zero-order valence-corrected chi connectivity index (χ0v) is 17.1. The number of sulfonamides is 1. The topological polar surface area (TPSA) is 124 Å². The van der Waals surface area contributed by atoms with Crippen LogP contribution < -0.4 is 5.48 Å². The largest absolute Gasteiger partial charge is 0.481 e. The van der Waals surface area contributed by atoms with Crippen LogP contribution in [0, 0.1) is 0 Å². The summed E-state index contributed by atoms with van der Waals surface area (Å²) in [5.74, 6) is -2.01. The number of nitrogens with zero attached hydrogens (tertiary/aromatic N) is 1. The Labute approximate surface area is 175 Å². The number of aliphatic carboxylic acids is 1. The highest BCUT2D eigenvalue weighted by Gasteiger charge is 2.51. The lowest BCUT2D eigenvalue weighted by molar-refractivity contribution is -0.141. The maximum Gasteiger partial charge on any atom is 0.304 e. The number of nitrogens with one attached hydrogen (secondary N) is 1. The van der Waals surface area contributed by atoms with Crippen molar-refractivity contribution in [3.8, 4) is 11.1 Å². The summed E-state index contributed by atoms with van der Waals surface area (Å²) in [7, 11) is -4.19. The molecule has 1 fully saturated rings. The van der Waals surface area contributed by atoms with E-state index in [0.717, 1.165) is 15.4 Å². The van der Waals surface area contributed by atoms with Gasteiger partial charge in [-0.25, -0.2) is 13.9 Å². The summed E-state index contributed by atoms with van der Waals surface area (Å²) in [6.45, 7) is -0.370. The van der Waals surface area contributed by atoms with E-state index in [2.05, 4.69) is 0 Å². The number of carboxylic acids is 1. The number of carbonyl (C=O) groups excluding carboxylic acids is 1. The van der Waals surface area contributed by atoms with Gasteiger partial charge < -0.3 is 5.11 Å². The Bertz CT molecular complexity index is 1000. The van der Waals surface area contributed by atoms with E-state index in [9.17, 15) is 23.2 Å². The third-order valence-electron chi connectivity index (χ3n) is 5.51. The van der Waals surface area contributed by atoms with Gasteiger partial charge in [-0.2, -0.15) is 4.31 Å². The van der Waals surface area contributed by atoms with Gasteiger partial charge in [0.2, 0.25) is 10.0 Å². The number of hydrogen-bond acceptors (Lipinski definition) is 5. The second kappa shape index (κ2) is 8.95. The molecular weight excluding hydrogens is 408 g/mol. The highest BCUT2D eigenvalue weighted by Crippen LogP contribution is 2.39. The lowest BCUT2D eigenvalue weighted by Gasteiger charge is -2.38. The number of hydrogen-bond donors (Lipinski definition) is 3. The molecule has 8 nitrogen and oxygen atoms in total. The van der Waals surface area contributed by atoms with Gasteiger partial charge in [0.05, 0.1) is 11.3 Å². The predicted molar refractivity (Wildman–Crippen MR) is 109 cm³/mol. The van der Waals surface area contributed by atoms with Crippen LogP contribution in [-0.4, -0.2) is 47.0 Å². The number of rotatable bonds is 8. The highest BCUT2D eigenvalue weighted by molar-refractivity contribution is 7.89. The van der Waals surface area contributed by atoms with Gasteiger partial charge >= 0.3 is 5.97 Å². The van der Waals surface area contributed by atoms with Crippen molar-refractivity contribution in [1.82, 2.24) is 9.79 Å². The molecule has 1 saturated carbocycles. The van der Waals surface area contributed by atoms with Crippen molar-refractivity contribution < 1.29 is 28.3 Å². The summed E-state index contributed by atoms with van der Waals surface area (Å²) in [4.78, 5) is 23.6. The van der Waals surface area contributed by atoms with E-state index in [1.165, 1.54) is 12.1 Å². The van der Waals surface area contributed by atoms with E-state index in [1.807, 2.05) is 30.3 Å². The number of carbonyl (C=O) groups is 2. The Morgan fingerprint density at radius 2 is 1.53 bits per heavy atom. The van der Waals surface area contributed by atoms with Crippen molar-refractivity contribution in [2.45, 2.75) is 42.5 Å². The zero-order chi connectivity index (χ0) is 21.8. The van der Waals surface area contributed by atoms with Crippen molar-refractivity contribution in [2.75, 3.05) is 6.54 Å². The van der Waals surface area contributed by atoms with Crippen LogP contribution in [0.5, 0.6) is 0 Å². The first-order chi connectivity index (χ1) is 14.3. The molecule has 1 aliphatic carbocycles. The fourth-order valence-corrected chi connectivity index (χ4v) is 5.78. The normalized spacial score (nSPS) is 15.8. The standard InChI is InChI=1S/C21H24N2O6S/c24-19(25)12-15-23(21(20(26)22-27)13-4-5-14-21)30(28,29)18-10-8-17(9-11-18)16-6-2-1-3-7-16/h1-3,6-11,27H,4-5,12-15H2,(H,22,26)(H,24,25). The zero-order valence-electron chi connectivity index (χ0n) is 16.3. The van der Waals surface area contributed by atoms with E-state index in [0.29, 0.717) is 12.8 Å². The van der Waals surface area contributed by atoms with Gasteiger partial charge in [-0.3, -0.25) is 14.8 Å². The summed E-state index contributed by atoms with van der Waals surface area (Å²) >= 11 is 0. The molecule has 2 aromatic carbocycles. The molecule has 0 heterocycles. The molecule has 1 aliphatic rings. The summed E-state index contributed by atoms with van der Waals surface area (Å²) in [5.41, 5.74) is 1.82. The lowest BCUT2D eigenvalue weighted by Crippen LogP contribution is -2.59. The number of carboxylic acid groups (broad SMARTS) is 1. The number of amides is 1. The van der Waals surface area contributed by atoms with E-state index in [4.69, 9.17) is 5.11 Å². The van der Waals surface area contributed by atoms with E-state index < -0.39 is 33.9 Å². The Kier molecular flexibility index (Phi) is 6.55. The minimum Gasteiger partial charge on any atom is -0.481 e. The van der Waals surface area contributed by atoms with Gasteiger partial charge in [0.1, 0.15) is 5.54 Å². The molecule has 0 unspecified atom stereocenters. The Morgan fingerprint density at radius 3 is 2.07 bits per heavy atom. The van der Waals surface area contributed by atoms with Gasteiger partial charge in [-0.1, -0.05) is 55.3 Å². The third-order valence-corrected chi connectivity index (χ3v) is 7.49. The van der Waals surface area contributed by atoms with Crippen LogP contribution in [0.2, 0.25) is 0 Å². The molecule has 2 aromatic rings. The Balaban J connectivity index is 2.01. The molecule has 3 N–H and O–H groups in total. The van der Waals surface area contributed by atoms with Crippen molar-refractivity contribution in [3.05, 3.63) is 54.6 Å². The molecule has 30 heavy (non-hydrogen) atoms. The van der Waals surface area contributed by atoms with Gasteiger partial charge in [-0.15, -0.1) is 0 Å². The third kappa shape index (κ3) is 4.23. The van der Waals surface area contributed by atoms with Crippen LogP contribution in [-0.2, 0) is 19.6 Å². The maximum atomic E-state index is 13.5. The quantitative estimate of drug-likeness (QED) is 0.435. The van der Waals surface area contributed by atoms with Gasteiger partial charge in [0, 0.05) is 6.54 Å². The van der Waals surface area contributed by atoms with Gasteiger partial charge in [0.15, 0.2) is 0 Å². The summed E-state index contributed by atoms with van der Waals surface area (Å²) in [6.07, 6.45) is 1.15. The van der Waals surface area contributed by atoms with Gasteiger partial charge in [-0.05, 0) is 36.1 Å². The summed E-state index contributed by atoms with van der Waals surface area (Å²) in [6, 6.07) is 15.7. The lowest BCUT2D eigenvalue weighted by atomic mass is 9.96. The SMILES string of the molecule is O=C(O)CCN(C1(C(=O)NO)CCCC1)S(=O)(=O)c1ccc(-c2ccccc2)cc1. The highest BCUT2D eigenvalue weighted by atomic mass is 32.2. The predicted octanol–water partition coefficient (Wildman–Crippen LogP) is 2.64. The Morgan fingerprint density at radius 1 is 0.967 bits per heavy atom. The van der Waals surface area contributed by atoms with Crippen LogP contribution in [0.1, 0.15) is 32.1 Å². The average Bonchev–Trinajstić information content (AvgIpc) is 3.24. The molecule has 0 bridgehead atoms. The Hall–Kier alpha value is -2.75. The molecule has 0 saturated heterocycles. The monoisotopic (exact) mass is 432 g/mol. The van der Waals surface area contributed by atoms with Crippen molar-refractivity contribution >= 4 is 21.9 Å². The van der Waals surface area contributed by atoms with E-state index in [1.54, 1.807) is 17.6 Å². The number of benzene rings is 2. The molecule has 9 heteroatoms. The molecule has 0 radical (unpaired) electrons. The molecule has 0 atom stereocenters. The first-order valence-corrected chi connectivity index (χ1v) is 11.1. The van der Waals surface area contributed by atoms with Crippen LogP contribution in [0.25, 0.3) is 11.1 Å². The van der Waals surface area contributed by atoms with Crippen LogP contribution in [0.4, 0.5) is 0 Å². The van der Waals surface area contributed by atoms with Crippen LogP contribution in [0.3, 0.4) is 0 Å². The van der Waals surface area contributed by atoms with Crippen LogP contribution in [0.15, 0.2) is 59.5 Å². The molecule has 1 amide bonds. The smallest absolute Gasteiger partial charge is 0.304 e. The molecule has 3 rings (SSSR count). The minimum absolute atomic E-state index is 0.0374. The van der Waals surface area contributed by atoms with Crippen molar-refractivity contribution in [1.29, 1.82) is 0 Å². The van der Waals surface area contributed by atoms with Crippen molar-refractivity contribution in [2.24, 2.45) is 0 Å². The average molecular weight is 432 g/mol. The molecule has 160 valence electrons. The van der Waals surface area contributed by atoms with Crippen molar-refractivity contribution in [3.63, 3.8) is 0 Å². The molecular formula is C21H24N2O6S. The van der Waals surface area contributed by atoms with Gasteiger partial charge in [0.25, 0.3) is 5.91 Å². The number of hydroxylamine groups is 1. The fraction of sp³-hybridized carbons (Fsp3) is 0.333. The maximum absolute atomic E-state index is 13.5. The molecule has 0 aliphatic heterocycles. The summed E-state index contributed by atoms with van der Waals surface area (Å²) in [5, 5.41) is 18.4. The first-order valence-electron chi connectivity index (χ1n) is 9.66. The van der Waals surface area contributed by atoms with E-state index in [-0.39, 0.29) is 24.3 Å². The first kappa shape index (κ1) is 21.9. The minimum atomic E-state index is -4.19. The van der Waals surface area contributed by atoms with E-state index >= 15 is 0 Å². The van der Waals surface area contributed by atoms with Crippen LogP contribution >= 0.6 is 0 Å². The fourth-order valence-electron chi connectivity index (χ4n) is 3.99. The second-order valence-corrected chi connectivity index (χ2v) is 9.15.